The fraction of sp³-hybridized carbons (Fsp3) is 0.360. The molecule has 2 heteroatoms. The molecule has 1 nitrogen and oxygen atoms in total. The Bertz CT molecular complexity index is 938. The monoisotopic (exact) mass is 362 g/mol. The summed E-state index contributed by atoms with van der Waals surface area (Å²) in [6, 6.07) is 16.9. The van der Waals surface area contributed by atoms with Crippen LogP contribution in [0.4, 0.5) is 4.39 Å². The number of fused-ring (bicyclic) bond motifs is 1. The van der Waals surface area contributed by atoms with Gasteiger partial charge in [0.15, 0.2) is 0 Å². The first-order valence-corrected chi connectivity index (χ1v) is 10.2. The molecule has 3 aromatic carbocycles. The second-order valence-corrected chi connectivity index (χ2v) is 7.99. The maximum absolute atomic E-state index is 14.9. The predicted molar refractivity (Wildman–Crippen MR) is 111 cm³/mol. The molecule has 1 aliphatic rings. The van der Waals surface area contributed by atoms with Crippen LogP contribution in [-0.2, 0) is 0 Å². The summed E-state index contributed by atoms with van der Waals surface area (Å²) in [4.78, 5) is 0. The lowest BCUT2D eigenvalue weighted by molar-refractivity contribution is 0.308. The lowest BCUT2D eigenvalue weighted by atomic mass is 9.77. The second kappa shape index (κ2) is 7.72. The Labute approximate surface area is 160 Å². The first-order valence-electron chi connectivity index (χ1n) is 10.2. The average molecular weight is 362 g/mol. The summed E-state index contributed by atoms with van der Waals surface area (Å²) in [7, 11) is 0. The van der Waals surface area contributed by atoms with Gasteiger partial charge in [-0.05, 0) is 83.7 Å². The van der Waals surface area contributed by atoms with E-state index in [1.807, 2.05) is 30.3 Å². The SMILES string of the molecule is CCCC1CCC(c2ccc(-c3ccc4cc(O)ccc4c3)c(F)c2)CC1. The third kappa shape index (κ3) is 3.85. The Balaban J connectivity index is 1.56. The van der Waals surface area contributed by atoms with Gasteiger partial charge in [0.1, 0.15) is 11.6 Å². The van der Waals surface area contributed by atoms with Crippen LogP contribution in [0.2, 0.25) is 0 Å². The molecule has 1 saturated carbocycles. The van der Waals surface area contributed by atoms with Gasteiger partial charge in [-0.3, -0.25) is 0 Å². The van der Waals surface area contributed by atoms with Gasteiger partial charge in [0, 0.05) is 5.56 Å². The van der Waals surface area contributed by atoms with Crippen LogP contribution in [-0.4, -0.2) is 5.11 Å². The minimum absolute atomic E-state index is 0.138. The molecule has 27 heavy (non-hydrogen) atoms. The van der Waals surface area contributed by atoms with Crippen LogP contribution >= 0.6 is 0 Å². The minimum Gasteiger partial charge on any atom is -0.508 e. The molecule has 0 amide bonds. The van der Waals surface area contributed by atoms with E-state index in [1.165, 1.54) is 38.5 Å². The predicted octanol–water partition coefficient (Wildman–Crippen LogP) is 7.43. The van der Waals surface area contributed by atoms with Crippen molar-refractivity contribution in [2.45, 2.75) is 51.4 Å². The summed E-state index contributed by atoms with van der Waals surface area (Å²) in [6.07, 6.45) is 7.52. The molecule has 1 fully saturated rings. The Morgan fingerprint density at radius 1 is 0.889 bits per heavy atom. The lowest BCUT2D eigenvalue weighted by Gasteiger charge is -2.28. The molecular weight excluding hydrogens is 335 g/mol. The molecule has 0 aromatic heterocycles. The van der Waals surface area contributed by atoms with Gasteiger partial charge in [0.2, 0.25) is 0 Å². The van der Waals surface area contributed by atoms with Crippen LogP contribution in [0.3, 0.4) is 0 Å². The molecule has 0 radical (unpaired) electrons. The normalized spacial score (nSPS) is 20.1. The number of hydrogen-bond donors (Lipinski definition) is 1. The topological polar surface area (TPSA) is 20.2 Å². The van der Waals surface area contributed by atoms with Crippen molar-refractivity contribution in [2.24, 2.45) is 5.92 Å². The number of phenols is 1. The summed E-state index contributed by atoms with van der Waals surface area (Å²) < 4.78 is 14.9. The third-order valence-corrected chi connectivity index (χ3v) is 6.14. The molecule has 140 valence electrons. The van der Waals surface area contributed by atoms with Gasteiger partial charge < -0.3 is 5.11 Å². The number of halogens is 1. The second-order valence-electron chi connectivity index (χ2n) is 7.99. The number of benzene rings is 3. The van der Waals surface area contributed by atoms with Crippen molar-refractivity contribution in [2.75, 3.05) is 0 Å². The van der Waals surface area contributed by atoms with Crippen molar-refractivity contribution in [1.82, 2.24) is 0 Å². The van der Waals surface area contributed by atoms with Crippen molar-refractivity contribution in [3.63, 3.8) is 0 Å². The molecule has 0 heterocycles. The first kappa shape index (κ1) is 18.0. The van der Waals surface area contributed by atoms with Crippen LogP contribution in [0.1, 0.15) is 56.9 Å². The van der Waals surface area contributed by atoms with Crippen molar-refractivity contribution in [1.29, 1.82) is 0 Å². The standard InChI is InChI=1S/C25H27FO/c1-2-3-17-4-6-18(7-5-17)21-11-13-24(25(26)16-21)22-9-8-20-15-23(27)12-10-19(20)14-22/h8-18,27H,2-7H2,1H3. The van der Waals surface area contributed by atoms with Crippen LogP contribution in [0, 0.1) is 11.7 Å². The van der Waals surface area contributed by atoms with Crippen molar-refractivity contribution in [3.8, 4) is 16.9 Å². The maximum Gasteiger partial charge on any atom is 0.131 e. The number of aromatic hydroxyl groups is 1. The zero-order valence-electron chi connectivity index (χ0n) is 15.9. The van der Waals surface area contributed by atoms with E-state index in [4.69, 9.17) is 0 Å². The smallest absolute Gasteiger partial charge is 0.131 e. The van der Waals surface area contributed by atoms with Gasteiger partial charge >= 0.3 is 0 Å². The molecule has 0 saturated heterocycles. The van der Waals surface area contributed by atoms with Crippen LogP contribution in [0.5, 0.6) is 5.75 Å². The Kier molecular flexibility index (Phi) is 5.15. The molecule has 4 rings (SSSR count). The van der Waals surface area contributed by atoms with E-state index in [2.05, 4.69) is 13.0 Å². The quantitative estimate of drug-likeness (QED) is 0.512. The maximum atomic E-state index is 14.9. The highest BCUT2D eigenvalue weighted by Crippen LogP contribution is 2.38. The molecular formula is C25H27FO. The fourth-order valence-electron chi connectivity index (χ4n) is 4.61. The van der Waals surface area contributed by atoms with Gasteiger partial charge in [-0.1, -0.05) is 50.1 Å². The van der Waals surface area contributed by atoms with E-state index in [1.54, 1.807) is 18.2 Å². The highest BCUT2D eigenvalue weighted by atomic mass is 19.1. The van der Waals surface area contributed by atoms with Crippen LogP contribution < -0.4 is 0 Å². The third-order valence-electron chi connectivity index (χ3n) is 6.14. The van der Waals surface area contributed by atoms with Crippen LogP contribution in [0.15, 0.2) is 54.6 Å². The van der Waals surface area contributed by atoms with Crippen molar-refractivity contribution >= 4 is 10.8 Å². The molecule has 0 atom stereocenters. The van der Waals surface area contributed by atoms with Crippen molar-refractivity contribution in [3.05, 3.63) is 66.0 Å². The highest BCUT2D eigenvalue weighted by molar-refractivity contribution is 5.88. The fourth-order valence-corrected chi connectivity index (χ4v) is 4.61. The first-order chi connectivity index (χ1) is 13.1. The highest BCUT2D eigenvalue weighted by Gasteiger charge is 2.22. The average Bonchev–Trinajstić information content (AvgIpc) is 2.68. The molecule has 0 unspecified atom stereocenters. The van der Waals surface area contributed by atoms with Gasteiger partial charge in [-0.25, -0.2) is 4.39 Å². The number of phenolic OH excluding ortho intramolecular Hbond substituents is 1. The molecule has 1 N–H and O–H groups in total. The van der Waals surface area contributed by atoms with E-state index in [-0.39, 0.29) is 11.6 Å². The van der Waals surface area contributed by atoms with E-state index in [0.717, 1.165) is 27.8 Å². The summed E-state index contributed by atoms with van der Waals surface area (Å²) >= 11 is 0. The van der Waals surface area contributed by atoms with Gasteiger partial charge in [0.25, 0.3) is 0 Å². The molecule has 0 spiro atoms. The number of rotatable bonds is 4. The van der Waals surface area contributed by atoms with Crippen molar-refractivity contribution < 1.29 is 9.50 Å². The van der Waals surface area contributed by atoms with Gasteiger partial charge in [-0.15, -0.1) is 0 Å². The number of hydrogen-bond acceptors (Lipinski definition) is 1. The largest absolute Gasteiger partial charge is 0.508 e. The molecule has 3 aromatic rings. The molecule has 0 bridgehead atoms. The molecule has 1 aliphatic carbocycles. The summed E-state index contributed by atoms with van der Waals surface area (Å²) in [5.74, 6) is 1.48. The minimum atomic E-state index is -0.138. The lowest BCUT2D eigenvalue weighted by Crippen LogP contribution is -2.13. The zero-order chi connectivity index (χ0) is 18.8. The van der Waals surface area contributed by atoms with E-state index >= 15 is 0 Å². The van der Waals surface area contributed by atoms with E-state index in [9.17, 15) is 9.50 Å². The zero-order valence-corrected chi connectivity index (χ0v) is 15.9. The van der Waals surface area contributed by atoms with Gasteiger partial charge in [-0.2, -0.15) is 0 Å². The summed E-state index contributed by atoms with van der Waals surface area (Å²) in [5, 5.41) is 11.6. The summed E-state index contributed by atoms with van der Waals surface area (Å²) in [5.41, 5.74) is 2.68. The van der Waals surface area contributed by atoms with Crippen LogP contribution in [0.25, 0.3) is 21.9 Å². The Morgan fingerprint density at radius 2 is 1.63 bits per heavy atom. The summed E-state index contributed by atoms with van der Waals surface area (Å²) in [6.45, 7) is 2.26. The molecule has 0 aliphatic heterocycles. The Hall–Kier alpha value is -2.35. The van der Waals surface area contributed by atoms with Gasteiger partial charge in [0.05, 0.1) is 0 Å². The Morgan fingerprint density at radius 3 is 2.37 bits per heavy atom. The van der Waals surface area contributed by atoms with E-state index < -0.39 is 0 Å². The van der Waals surface area contributed by atoms with E-state index in [0.29, 0.717) is 11.5 Å².